The maximum Gasteiger partial charge on any atom is 0.251 e. The number of piperazine rings is 1. The van der Waals surface area contributed by atoms with E-state index in [2.05, 4.69) is 0 Å². The van der Waals surface area contributed by atoms with Gasteiger partial charge in [-0.2, -0.15) is 0 Å². The van der Waals surface area contributed by atoms with E-state index in [1.54, 1.807) is 4.90 Å². The molecule has 7 heteroatoms. The molecule has 0 saturated carbocycles. The van der Waals surface area contributed by atoms with E-state index in [0.29, 0.717) is 44.9 Å². The van der Waals surface area contributed by atoms with Crippen molar-refractivity contribution < 1.29 is 23.4 Å². The first-order chi connectivity index (χ1) is 11.5. The van der Waals surface area contributed by atoms with E-state index in [-0.39, 0.29) is 12.0 Å². The van der Waals surface area contributed by atoms with Crippen molar-refractivity contribution >= 4 is 5.91 Å². The van der Waals surface area contributed by atoms with Crippen molar-refractivity contribution in [2.45, 2.75) is 25.0 Å². The second-order valence-corrected chi connectivity index (χ2v) is 6.32. The first-order valence-electron chi connectivity index (χ1n) is 8.30. The van der Waals surface area contributed by atoms with E-state index in [0.717, 1.165) is 25.0 Å². The van der Waals surface area contributed by atoms with Gasteiger partial charge in [0.05, 0.1) is 6.10 Å². The van der Waals surface area contributed by atoms with E-state index in [9.17, 15) is 18.7 Å². The summed E-state index contributed by atoms with van der Waals surface area (Å²) in [5, 5.41) is 10.2. The Morgan fingerprint density at radius 2 is 2.00 bits per heavy atom. The van der Waals surface area contributed by atoms with Crippen LogP contribution in [0.1, 0.15) is 24.5 Å². The predicted octanol–water partition coefficient (Wildman–Crippen LogP) is 1.32. The number of halogens is 2. The topological polar surface area (TPSA) is 53.0 Å². The smallest absolute Gasteiger partial charge is 0.251 e. The monoisotopic (exact) mass is 340 g/mol. The maximum atomic E-state index is 13.3. The molecule has 2 heterocycles. The number of aliphatic hydroxyl groups excluding tert-OH is 1. The summed E-state index contributed by atoms with van der Waals surface area (Å²) in [5.74, 6) is -1.83. The molecule has 1 aromatic carbocycles. The second kappa shape index (κ2) is 7.55. The number of ether oxygens (including phenoxy) is 1. The Kier molecular flexibility index (Phi) is 5.43. The molecule has 132 valence electrons. The zero-order valence-electron chi connectivity index (χ0n) is 13.5. The molecular formula is C17H22F2N2O3. The Balaban J connectivity index is 1.49. The number of β-amino-alcohol motifs (C(OH)–C–C–N with tert-alkyl or cyclic N) is 1. The molecule has 0 aromatic heterocycles. The zero-order valence-corrected chi connectivity index (χ0v) is 13.5. The minimum Gasteiger partial charge on any atom is -0.387 e. The van der Waals surface area contributed by atoms with Gasteiger partial charge in [-0.3, -0.25) is 9.69 Å². The first-order valence-corrected chi connectivity index (χ1v) is 8.30. The first kappa shape index (κ1) is 17.3. The van der Waals surface area contributed by atoms with Crippen molar-refractivity contribution in [3.8, 4) is 0 Å². The fourth-order valence-electron chi connectivity index (χ4n) is 3.20. The third kappa shape index (κ3) is 3.91. The van der Waals surface area contributed by atoms with Crippen LogP contribution in [0.2, 0.25) is 0 Å². The molecule has 2 atom stereocenters. The van der Waals surface area contributed by atoms with Crippen molar-refractivity contribution in [1.29, 1.82) is 0 Å². The Morgan fingerprint density at radius 1 is 1.25 bits per heavy atom. The maximum absolute atomic E-state index is 13.3. The molecule has 2 saturated heterocycles. The predicted molar refractivity (Wildman–Crippen MR) is 83.3 cm³/mol. The van der Waals surface area contributed by atoms with Gasteiger partial charge in [-0.1, -0.05) is 6.07 Å². The Labute approximate surface area is 139 Å². The summed E-state index contributed by atoms with van der Waals surface area (Å²) < 4.78 is 31.6. The minimum absolute atomic E-state index is 0.0494. The highest BCUT2D eigenvalue weighted by Gasteiger charge is 2.30. The van der Waals surface area contributed by atoms with E-state index in [1.165, 1.54) is 6.07 Å². The van der Waals surface area contributed by atoms with Gasteiger partial charge in [-0.05, 0) is 30.5 Å². The lowest BCUT2D eigenvalue weighted by molar-refractivity contribution is -0.142. The fraction of sp³-hybridized carbons (Fsp3) is 0.588. The molecule has 0 spiro atoms. The third-order valence-electron chi connectivity index (χ3n) is 4.65. The number of aliphatic hydroxyl groups is 1. The van der Waals surface area contributed by atoms with Gasteiger partial charge in [-0.25, -0.2) is 8.78 Å². The summed E-state index contributed by atoms with van der Waals surface area (Å²) in [4.78, 5) is 16.1. The van der Waals surface area contributed by atoms with Crippen LogP contribution in [0.5, 0.6) is 0 Å². The van der Waals surface area contributed by atoms with Gasteiger partial charge >= 0.3 is 0 Å². The highest BCUT2D eigenvalue weighted by Crippen LogP contribution is 2.19. The lowest BCUT2D eigenvalue weighted by Gasteiger charge is -2.36. The lowest BCUT2D eigenvalue weighted by Crippen LogP contribution is -2.52. The lowest BCUT2D eigenvalue weighted by atomic mass is 10.1. The number of carbonyl (C=O) groups excluding carboxylic acids is 1. The second-order valence-electron chi connectivity index (χ2n) is 6.32. The molecule has 24 heavy (non-hydrogen) atoms. The molecule has 0 radical (unpaired) electrons. The van der Waals surface area contributed by atoms with Crippen LogP contribution in [0, 0.1) is 11.6 Å². The zero-order chi connectivity index (χ0) is 17.1. The van der Waals surface area contributed by atoms with Gasteiger partial charge in [0, 0.05) is 39.3 Å². The van der Waals surface area contributed by atoms with Crippen LogP contribution >= 0.6 is 0 Å². The number of hydrogen-bond acceptors (Lipinski definition) is 4. The van der Waals surface area contributed by atoms with Gasteiger partial charge in [0.15, 0.2) is 11.6 Å². The Morgan fingerprint density at radius 3 is 2.62 bits per heavy atom. The number of amides is 1. The van der Waals surface area contributed by atoms with E-state index in [1.807, 2.05) is 4.90 Å². The average Bonchev–Trinajstić information content (AvgIpc) is 3.12. The minimum atomic E-state index is -0.960. The van der Waals surface area contributed by atoms with Gasteiger partial charge in [0.1, 0.15) is 6.10 Å². The van der Waals surface area contributed by atoms with Crippen LogP contribution in [0.4, 0.5) is 8.78 Å². The van der Waals surface area contributed by atoms with Crippen LogP contribution in [0.25, 0.3) is 0 Å². The highest BCUT2D eigenvalue weighted by atomic mass is 19.2. The molecule has 3 rings (SSSR count). The molecular weight excluding hydrogens is 318 g/mol. The number of hydrogen-bond donors (Lipinski definition) is 1. The summed E-state index contributed by atoms with van der Waals surface area (Å²) in [6, 6.07) is 3.43. The SMILES string of the molecule is O=C(C1CCCO1)N1CCN(CC(O)c2ccc(F)c(F)c2)CC1. The van der Waals surface area contributed by atoms with Crippen molar-refractivity contribution in [2.75, 3.05) is 39.3 Å². The van der Waals surface area contributed by atoms with E-state index < -0.39 is 17.7 Å². The van der Waals surface area contributed by atoms with Gasteiger partial charge in [0.2, 0.25) is 0 Å². The molecule has 1 amide bonds. The van der Waals surface area contributed by atoms with Crippen LogP contribution in [-0.2, 0) is 9.53 Å². The summed E-state index contributed by atoms with van der Waals surface area (Å²) in [6.07, 6.45) is 0.523. The highest BCUT2D eigenvalue weighted by molar-refractivity contribution is 5.81. The Hall–Kier alpha value is -1.57. The number of nitrogens with zero attached hydrogens (tertiary/aromatic N) is 2. The average molecular weight is 340 g/mol. The van der Waals surface area contributed by atoms with Gasteiger partial charge in [0.25, 0.3) is 5.91 Å². The van der Waals surface area contributed by atoms with Crippen LogP contribution < -0.4 is 0 Å². The molecule has 2 fully saturated rings. The van der Waals surface area contributed by atoms with Gasteiger partial charge < -0.3 is 14.7 Å². The molecule has 0 aliphatic carbocycles. The van der Waals surface area contributed by atoms with Crippen molar-refractivity contribution in [3.63, 3.8) is 0 Å². The van der Waals surface area contributed by atoms with Crippen LogP contribution in [-0.4, -0.2) is 66.2 Å². The molecule has 5 nitrogen and oxygen atoms in total. The largest absolute Gasteiger partial charge is 0.387 e. The summed E-state index contributed by atoms with van der Waals surface area (Å²) >= 11 is 0. The van der Waals surface area contributed by atoms with Crippen molar-refractivity contribution in [2.24, 2.45) is 0 Å². The molecule has 2 aliphatic rings. The molecule has 2 aliphatic heterocycles. The summed E-state index contributed by atoms with van der Waals surface area (Å²) in [5.41, 5.74) is 0.353. The van der Waals surface area contributed by atoms with Gasteiger partial charge in [-0.15, -0.1) is 0 Å². The molecule has 0 bridgehead atoms. The quantitative estimate of drug-likeness (QED) is 0.898. The number of rotatable bonds is 4. The third-order valence-corrected chi connectivity index (χ3v) is 4.65. The summed E-state index contributed by atoms with van der Waals surface area (Å²) in [7, 11) is 0. The summed E-state index contributed by atoms with van der Waals surface area (Å²) in [6.45, 7) is 3.43. The van der Waals surface area contributed by atoms with Crippen LogP contribution in [0.3, 0.4) is 0 Å². The fourth-order valence-corrected chi connectivity index (χ4v) is 3.20. The van der Waals surface area contributed by atoms with Crippen molar-refractivity contribution in [1.82, 2.24) is 9.80 Å². The molecule has 2 unspecified atom stereocenters. The number of carbonyl (C=O) groups is 1. The number of benzene rings is 1. The normalized spacial score (nSPS) is 23.5. The standard InChI is InChI=1S/C17H22F2N2O3/c18-13-4-3-12(10-14(13)19)15(22)11-20-5-7-21(8-6-20)17(23)16-2-1-9-24-16/h3-4,10,15-16,22H,1-2,5-9,11H2. The van der Waals surface area contributed by atoms with E-state index >= 15 is 0 Å². The molecule has 1 N–H and O–H groups in total. The van der Waals surface area contributed by atoms with Crippen LogP contribution in [0.15, 0.2) is 18.2 Å². The van der Waals surface area contributed by atoms with E-state index in [4.69, 9.17) is 4.74 Å². The Bertz CT molecular complexity index is 585. The van der Waals surface area contributed by atoms with Crippen molar-refractivity contribution in [3.05, 3.63) is 35.4 Å². The molecule has 1 aromatic rings.